The van der Waals surface area contributed by atoms with Gasteiger partial charge in [-0.15, -0.1) is 21.1 Å². The van der Waals surface area contributed by atoms with E-state index in [0.717, 1.165) is 25.7 Å². The maximum Gasteiger partial charge on any atom is 3.00 e. The van der Waals surface area contributed by atoms with Crippen LogP contribution < -0.4 is 0 Å². The second-order valence-corrected chi connectivity index (χ2v) is 9.85. The van der Waals surface area contributed by atoms with Gasteiger partial charge in [0.15, 0.2) is 0 Å². The van der Waals surface area contributed by atoms with Crippen LogP contribution in [0.4, 0.5) is 0 Å². The van der Waals surface area contributed by atoms with E-state index in [-0.39, 0.29) is 20.1 Å². The third-order valence-corrected chi connectivity index (χ3v) is 7.65. The summed E-state index contributed by atoms with van der Waals surface area (Å²) in [6, 6.07) is 0. The molecule has 0 bridgehead atoms. The fourth-order valence-corrected chi connectivity index (χ4v) is 3.71. The third-order valence-electron chi connectivity index (χ3n) is 4.97. The second kappa shape index (κ2) is 24.9. The van der Waals surface area contributed by atoms with Crippen molar-refractivity contribution in [1.82, 2.24) is 0 Å². The molecule has 0 saturated heterocycles. The molecule has 0 spiro atoms. The Balaban J connectivity index is -0.000000143. The number of hydrogen-bond donors (Lipinski definition) is 0. The SMILES string of the molecule is C=CCC[CH2-].C=CCC[CH2-].CCP(CC)CC.Cc1c(C)c(C)[c-](C)c1C.[Ir+3]. The Kier molecular flexibility index (Phi) is 31.5. The number of rotatable bonds is 7. The first-order valence-electron chi connectivity index (χ1n) is 10.5. The van der Waals surface area contributed by atoms with Crippen LogP contribution in [0.15, 0.2) is 25.3 Å². The van der Waals surface area contributed by atoms with E-state index in [1.54, 1.807) is 0 Å². The van der Waals surface area contributed by atoms with Crippen molar-refractivity contribution < 1.29 is 20.1 Å². The first-order chi connectivity index (χ1) is 12.7. The summed E-state index contributed by atoms with van der Waals surface area (Å²) in [6.45, 7) is 32.1. The summed E-state index contributed by atoms with van der Waals surface area (Å²) in [5.74, 6) is 0. The molecule has 0 unspecified atom stereocenters. The molecule has 0 radical (unpaired) electrons. The molecular weight excluding hydrogens is 535 g/mol. The summed E-state index contributed by atoms with van der Waals surface area (Å²) >= 11 is 0. The molecule has 0 heterocycles. The van der Waals surface area contributed by atoms with Crippen molar-refractivity contribution in [2.45, 2.75) is 81.1 Å². The van der Waals surface area contributed by atoms with E-state index >= 15 is 0 Å². The average molecular weight is 584 g/mol. The molecule has 1 aromatic rings. The predicted molar refractivity (Wildman–Crippen MR) is 134 cm³/mol. The molecule has 0 N–H and O–H groups in total. The van der Waals surface area contributed by atoms with Gasteiger partial charge in [-0.1, -0.05) is 80.4 Å². The fourth-order valence-electron chi connectivity index (χ4n) is 2.37. The van der Waals surface area contributed by atoms with Crippen molar-refractivity contribution in [3.63, 3.8) is 0 Å². The number of unbranched alkanes of at least 4 members (excludes halogenated alkanes) is 2. The zero-order chi connectivity index (χ0) is 21.8. The summed E-state index contributed by atoms with van der Waals surface area (Å²) in [6.07, 6.45) is 12.0. The Hall–Kier alpha value is -0.0906. The maximum absolute atomic E-state index is 3.60. The van der Waals surface area contributed by atoms with Gasteiger partial charge in [0.1, 0.15) is 0 Å². The molecule has 1 rings (SSSR count). The molecule has 0 amide bonds. The minimum absolute atomic E-state index is 0. The number of hydrogen-bond acceptors (Lipinski definition) is 0. The topological polar surface area (TPSA) is 0 Å². The van der Waals surface area contributed by atoms with Crippen molar-refractivity contribution in [1.29, 1.82) is 0 Å². The largest absolute Gasteiger partial charge is 3.00 e. The molecule has 0 nitrogen and oxygen atoms in total. The van der Waals surface area contributed by atoms with E-state index in [1.165, 1.54) is 46.3 Å². The van der Waals surface area contributed by atoms with Crippen LogP contribution in [0.3, 0.4) is 0 Å². The van der Waals surface area contributed by atoms with Crippen LogP contribution in [0.5, 0.6) is 0 Å². The van der Waals surface area contributed by atoms with Gasteiger partial charge in [0.05, 0.1) is 0 Å². The Morgan fingerprint density at radius 3 is 1.11 bits per heavy atom. The van der Waals surface area contributed by atoms with Gasteiger partial charge in [0, 0.05) is 0 Å². The van der Waals surface area contributed by atoms with Crippen LogP contribution in [-0.2, 0) is 20.1 Å². The van der Waals surface area contributed by atoms with E-state index in [1.807, 2.05) is 12.2 Å². The van der Waals surface area contributed by atoms with E-state index in [0.29, 0.717) is 7.92 Å². The van der Waals surface area contributed by atoms with Gasteiger partial charge in [-0.05, 0) is 18.5 Å². The van der Waals surface area contributed by atoms with Gasteiger partial charge in [-0.3, -0.25) is 0 Å². The molecular formula is C26H48IrP. The quantitative estimate of drug-likeness (QED) is 0.171. The van der Waals surface area contributed by atoms with Gasteiger partial charge in [0.2, 0.25) is 0 Å². The normalized spacial score (nSPS) is 8.96. The number of allylic oxidation sites excluding steroid dienone is 2. The van der Waals surface area contributed by atoms with E-state index in [9.17, 15) is 0 Å². The molecule has 0 aromatic heterocycles. The molecule has 1 aromatic carbocycles. The molecule has 2 heteroatoms. The van der Waals surface area contributed by atoms with Crippen LogP contribution in [0.25, 0.3) is 0 Å². The molecule has 0 aliphatic carbocycles. The van der Waals surface area contributed by atoms with Crippen molar-refractivity contribution in [2.75, 3.05) is 18.5 Å². The van der Waals surface area contributed by atoms with Crippen LogP contribution in [-0.4, -0.2) is 18.5 Å². The summed E-state index contributed by atoms with van der Waals surface area (Å²) in [4.78, 5) is 0. The first kappa shape index (κ1) is 35.4. The Labute approximate surface area is 194 Å². The van der Waals surface area contributed by atoms with Gasteiger partial charge in [0.25, 0.3) is 0 Å². The van der Waals surface area contributed by atoms with Crippen molar-refractivity contribution in [3.8, 4) is 0 Å². The summed E-state index contributed by atoms with van der Waals surface area (Å²) < 4.78 is 0. The van der Waals surface area contributed by atoms with Crippen LogP contribution in [0.2, 0.25) is 0 Å². The van der Waals surface area contributed by atoms with Crippen molar-refractivity contribution in [3.05, 3.63) is 67.0 Å². The third kappa shape index (κ3) is 18.0. The monoisotopic (exact) mass is 584 g/mol. The summed E-state index contributed by atoms with van der Waals surface area (Å²) in [5, 5.41) is 0. The first-order valence-corrected chi connectivity index (χ1v) is 12.4. The Bertz CT molecular complexity index is 371. The zero-order valence-corrected chi connectivity index (χ0v) is 23.5. The standard InChI is InChI=1S/C10H15.C6H15P.2C5H9.Ir/c1-6-7(2)9(4)10(5)8(6)3;1-4-7(5-2)6-3;2*1-3-5-4-2;/h1-5H3;4-6H2,1-3H3;2*3H,1-2,4-5H2;/q-1;;2*-1;+3. The molecule has 0 atom stereocenters. The van der Waals surface area contributed by atoms with Crippen LogP contribution >= 0.6 is 7.92 Å². The molecule has 0 fully saturated rings. The predicted octanol–water partition coefficient (Wildman–Crippen LogP) is 9.05. The van der Waals surface area contributed by atoms with E-state index in [4.69, 9.17) is 0 Å². The summed E-state index contributed by atoms with van der Waals surface area (Å²) in [5.41, 5.74) is 7.34. The minimum Gasteiger partial charge on any atom is -0.343 e. The van der Waals surface area contributed by atoms with Gasteiger partial charge in [-0.2, -0.15) is 40.7 Å². The van der Waals surface area contributed by atoms with Gasteiger partial charge in [-0.25, -0.2) is 0 Å². The maximum atomic E-state index is 3.60. The fraction of sp³-hybridized carbons (Fsp3) is 0.577. The van der Waals surface area contributed by atoms with E-state index < -0.39 is 0 Å². The molecule has 28 heavy (non-hydrogen) atoms. The van der Waals surface area contributed by atoms with Gasteiger partial charge < -0.3 is 13.8 Å². The minimum atomic E-state index is 0. The smallest absolute Gasteiger partial charge is 0.343 e. The molecule has 166 valence electrons. The molecule has 0 aliphatic heterocycles. The van der Waals surface area contributed by atoms with Crippen LogP contribution in [0.1, 0.15) is 74.3 Å². The van der Waals surface area contributed by atoms with Crippen molar-refractivity contribution in [2.24, 2.45) is 0 Å². The molecule has 0 saturated carbocycles. The zero-order valence-electron chi connectivity index (χ0n) is 20.2. The second-order valence-electron chi connectivity index (χ2n) is 6.61. The average Bonchev–Trinajstić information content (AvgIpc) is 2.84. The Morgan fingerprint density at radius 2 is 1.07 bits per heavy atom. The molecule has 0 aliphatic rings. The van der Waals surface area contributed by atoms with E-state index in [2.05, 4.69) is 82.4 Å². The summed E-state index contributed by atoms with van der Waals surface area (Å²) in [7, 11) is 0.446. The van der Waals surface area contributed by atoms with Crippen molar-refractivity contribution >= 4 is 7.92 Å². The van der Waals surface area contributed by atoms with Gasteiger partial charge >= 0.3 is 20.1 Å². The van der Waals surface area contributed by atoms with Crippen LogP contribution in [0, 0.1) is 48.5 Å². The Morgan fingerprint density at radius 1 is 0.786 bits per heavy atom.